The van der Waals surface area contributed by atoms with Crippen LogP contribution in [0.3, 0.4) is 0 Å². The third-order valence-corrected chi connectivity index (χ3v) is 9.86. The van der Waals surface area contributed by atoms with Crippen molar-refractivity contribution in [3.05, 3.63) is 77.9 Å². The van der Waals surface area contributed by atoms with E-state index in [0.29, 0.717) is 40.5 Å². The largest absolute Gasteiger partial charge is 0.493 e. The molecular formula is C38H43NO7. The summed E-state index contributed by atoms with van der Waals surface area (Å²) in [4.78, 5) is 29.1. The first-order valence-electron chi connectivity index (χ1n) is 16.2. The summed E-state index contributed by atoms with van der Waals surface area (Å²) < 4.78 is 28.2. The molecule has 4 aromatic rings. The molecular weight excluding hydrogens is 582 g/mol. The molecule has 2 aliphatic rings. The topological polar surface area (TPSA) is 83.5 Å². The van der Waals surface area contributed by atoms with Gasteiger partial charge >= 0.3 is 11.9 Å². The molecule has 6 rings (SSSR count). The smallest absolute Gasteiger partial charge is 0.339 e. The van der Waals surface area contributed by atoms with E-state index < -0.39 is 0 Å². The van der Waals surface area contributed by atoms with Crippen molar-refractivity contribution < 1.29 is 33.3 Å². The highest BCUT2D eigenvalue weighted by Crippen LogP contribution is 2.39. The third-order valence-electron chi connectivity index (χ3n) is 9.86. The summed E-state index contributed by atoms with van der Waals surface area (Å²) in [5.74, 6) is 0.664. The second-order valence-electron chi connectivity index (χ2n) is 12.4. The summed E-state index contributed by atoms with van der Waals surface area (Å²) in [5.41, 5.74) is 1.04. The molecule has 0 unspecified atom stereocenters. The zero-order chi connectivity index (χ0) is 32.2. The maximum absolute atomic E-state index is 13.6. The SMILES string of the molecule is COc1cc(C(=O)OC2CCC(N(C)C3CCC(OC(=O)c4c5ccccc5cc5ccccc45)CC3)CC2)cc(OC)c1OC. The van der Waals surface area contributed by atoms with Crippen molar-refractivity contribution in [2.75, 3.05) is 28.4 Å². The number of benzene rings is 4. The van der Waals surface area contributed by atoms with E-state index in [1.165, 1.54) is 21.3 Å². The molecule has 8 heteroatoms. The van der Waals surface area contributed by atoms with Crippen LogP contribution in [0.4, 0.5) is 0 Å². The summed E-state index contributed by atoms with van der Waals surface area (Å²) in [6.07, 6.45) is 7.03. The van der Waals surface area contributed by atoms with Gasteiger partial charge in [-0.1, -0.05) is 48.5 Å². The summed E-state index contributed by atoms with van der Waals surface area (Å²) in [6.45, 7) is 0. The fourth-order valence-corrected chi connectivity index (χ4v) is 7.30. The molecule has 0 atom stereocenters. The number of nitrogens with zero attached hydrogens (tertiary/aromatic N) is 1. The molecule has 0 N–H and O–H groups in total. The van der Waals surface area contributed by atoms with Crippen molar-refractivity contribution >= 4 is 33.5 Å². The minimum absolute atomic E-state index is 0.0831. The van der Waals surface area contributed by atoms with E-state index in [4.69, 9.17) is 23.7 Å². The van der Waals surface area contributed by atoms with Crippen LogP contribution >= 0.6 is 0 Å². The maximum Gasteiger partial charge on any atom is 0.339 e. The quantitative estimate of drug-likeness (QED) is 0.139. The molecule has 0 heterocycles. The first kappa shape index (κ1) is 31.7. The van der Waals surface area contributed by atoms with Crippen LogP contribution in [0.25, 0.3) is 21.5 Å². The normalized spacial score (nSPS) is 21.6. The van der Waals surface area contributed by atoms with Crippen molar-refractivity contribution in [3.63, 3.8) is 0 Å². The Morgan fingerprint density at radius 3 is 1.52 bits per heavy atom. The van der Waals surface area contributed by atoms with Crippen LogP contribution in [-0.2, 0) is 9.47 Å². The van der Waals surface area contributed by atoms with E-state index in [1.54, 1.807) is 12.1 Å². The standard InChI is InChI=1S/C38H43NO7/c1-39(27-13-17-29(18-14-27)45-37(40)26-22-33(42-2)36(44-4)34(23-26)43-3)28-15-19-30(20-16-28)46-38(41)35-31-11-7-5-9-24(31)21-25-10-6-8-12-32(25)35/h5-12,21-23,27-30H,13-20H2,1-4H3. The van der Waals surface area contributed by atoms with Gasteiger partial charge in [0, 0.05) is 12.1 Å². The molecule has 242 valence electrons. The van der Waals surface area contributed by atoms with Gasteiger partial charge in [0.2, 0.25) is 5.75 Å². The molecule has 0 saturated heterocycles. The number of esters is 2. The monoisotopic (exact) mass is 625 g/mol. The van der Waals surface area contributed by atoms with Gasteiger partial charge in [-0.05, 0) is 98.2 Å². The molecule has 2 fully saturated rings. The van der Waals surface area contributed by atoms with Gasteiger partial charge in [-0.2, -0.15) is 0 Å². The van der Waals surface area contributed by atoms with E-state index in [2.05, 4.69) is 18.0 Å². The Morgan fingerprint density at radius 1 is 0.609 bits per heavy atom. The minimum Gasteiger partial charge on any atom is -0.493 e. The average Bonchev–Trinajstić information content (AvgIpc) is 3.10. The molecule has 2 saturated carbocycles. The molecule has 0 radical (unpaired) electrons. The van der Waals surface area contributed by atoms with Gasteiger partial charge in [0.25, 0.3) is 0 Å². The Balaban J connectivity index is 1.01. The molecule has 0 aromatic heterocycles. The van der Waals surface area contributed by atoms with E-state index >= 15 is 0 Å². The van der Waals surface area contributed by atoms with Gasteiger partial charge in [-0.3, -0.25) is 0 Å². The van der Waals surface area contributed by atoms with E-state index in [9.17, 15) is 9.59 Å². The van der Waals surface area contributed by atoms with Gasteiger partial charge in [0.05, 0.1) is 32.5 Å². The lowest BCUT2D eigenvalue weighted by atomic mass is 9.87. The second kappa shape index (κ2) is 14.0. The average molecular weight is 626 g/mol. The second-order valence-corrected chi connectivity index (χ2v) is 12.4. The van der Waals surface area contributed by atoms with Gasteiger partial charge in [0.1, 0.15) is 12.2 Å². The van der Waals surface area contributed by atoms with Gasteiger partial charge in [0.15, 0.2) is 11.5 Å². The predicted molar refractivity (Wildman–Crippen MR) is 178 cm³/mol. The zero-order valence-electron chi connectivity index (χ0n) is 27.1. The lowest BCUT2D eigenvalue weighted by molar-refractivity contribution is -0.00260. The highest BCUT2D eigenvalue weighted by molar-refractivity contribution is 6.16. The number of fused-ring (bicyclic) bond motifs is 2. The lowest BCUT2D eigenvalue weighted by Crippen LogP contribution is -2.45. The Labute approximate surface area is 270 Å². The summed E-state index contributed by atoms with van der Waals surface area (Å²) in [6, 6.07) is 22.3. The van der Waals surface area contributed by atoms with Crippen LogP contribution in [0.1, 0.15) is 72.1 Å². The number of carbonyl (C=O) groups is 2. The van der Waals surface area contributed by atoms with Gasteiger partial charge < -0.3 is 28.6 Å². The zero-order valence-corrected chi connectivity index (χ0v) is 27.1. The van der Waals surface area contributed by atoms with Crippen LogP contribution in [0.15, 0.2) is 66.7 Å². The highest BCUT2D eigenvalue weighted by Gasteiger charge is 2.33. The van der Waals surface area contributed by atoms with Gasteiger partial charge in [-0.25, -0.2) is 9.59 Å². The maximum atomic E-state index is 13.6. The molecule has 0 bridgehead atoms. The molecule has 0 aliphatic heterocycles. The first-order chi connectivity index (χ1) is 22.4. The van der Waals surface area contributed by atoms with E-state index in [0.717, 1.165) is 72.9 Å². The number of methoxy groups -OCH3 is 3. The fourth-order valence-electron chi connectivity index (χ4n) is 7.30. The number of carbonyl (C=O) groups excluding carboxylic acids is 2. The highest BCUT2D eigenvalue weighted by atomic mass is 16.6. The number of hydrogen-bond acceptors (Lipinski definition) is 8. The van der Waals surface area contributed by atoms with Crippen molar-refractivity contribution in [1.82, 2.24) is 4.90 Å². The van der Waals surface area contributed by atoms with Crippen LogP contribution in [-0.4, -0.2) is 69.5 Å². The minimum atomic E-state index is -0.388. The molecule has 4 aromatic carbocycles. The molecule has 2 aliphatic carbocycles. The van der Waals surface area contributed by atoms with Crippen molar-refractivity contribution in [3.8, 4) is 17.2 Å². The number of ether oxygens (including phenoxy) is 5. The Hall–Kier alpha value is -4.30. The molecule has 0 spiro atoms. The number of rotatable bonds is 9. The van der Waals surface area contributed by atoms with Gasteiger partial charge in [-0.15, -0.1) is 0 Å². The van der Waals surface area contributed by atoms with Crippen LogP contribution in [0.2, 0.25) is 0 Å². The van der Waals surface area contributed by atoms with Crippen molar-refractivity contribution in [2.24, 2.45) is 0 Å². The molecule has 46 heavy (non-hydrogen) atoms. The van der Waals surface area contributed by atoms with Crippen molar-refractivity contribution in [2.45, 2.75) is 75.7 Å². The fraction of sp³-hybridized carbons (Fsp3) is 0.421. The summed E-state index contributed by atoms with van der Waals surface area (Å²) in [7, 11) is 6.80. The van der Waals surface area contributed by atoms with Crippen LogP contribution < -0.4 is 14.2 Å². The van der Waals surface area contributed by atoms with E-state index in [-0.39, 0.29) is 24.1 Å². The van der Waals surface area contributed by atoms with Crippen LogP contribution in [0, 0.1) is 0 Å². The summed E-state index contributed by atoms with van der Waals surface area (Å²) >= 11 is 0. The molecule has 8 nitrogen and oxygen atoms in total. The Morgan fingerprint density at radius 2 is 1.07 bits per heavy atom. The first-order valence-corrected chi connectivity index (χ1v) is 16.2. The third kappa shape index (κ3) is 6.49. The van der Waals surface area contributed by atoms with E-state index in [1.807, 2.05) is 48.5 Å². The number of hydrogen-bond donors (Lipinski definition) is 0. The Kier molecular flexibility index (Phi) is 9.64. The Bertz CT molecular complexity index is 1620. The van der Waals surface area contributed by atoms with Crippen molar-refractivity contribution in [1.29, 1.82) is 0 Å². The lowest BCUT2D eigenvalue weighted by Gasteiger charge is -2.41. The van der Waals surface area contributed by atoms with Crippen LogP contribution in [0.5, 0.6) is 17.2 Å². The molecule has 0 amide bonds. The summed E-state index contributed by atoms with van der Waals surface area (Å²) in [5, 5.41) is 3.96. The predicted octanol–water partition coefficient (Wildman–Crippen LogP) is 7.59.